The minimum Gasteiger partial charge on any atom is -0.493 e. The Morgan fingerprint density at radius 1 is 1.44 bits per heavy atom. The van der Waals surface area contributed by atoms with Crippen LogP contribution < -0.4 is 10.1 Å². The summed E-state index contributed by atoms with van der Waals surface area (Å²) < 4.78 is 25.2. The van der Waals surface area contributed by atoms with Crippen molar-refractivity contribution in [2.75, 3.05) is 26.2 Å². The third-order valence-corrected chi connectivity index (χ3v) is 5.03. The predicted molar refractivity (Wildman–Crippen MR) is 93.5 cm³/mol. The monoisotopic (exact) mass is 370 g/mol. The van der Waals surface area contributed by atoms with E-state index in [0.717, 1.165) is 32.4 Å². The van der Waals surface area contributed by atoms with Gasteiger partial charge < -0.3 is 19.7 Å². The molecule has 1 aliphatic carbocycles. The molecule has 2 aliphatic rings. The van der Waals surface area contributed by atoms with Crippen LogP contribution in [0.5, 0.6) is 5.75 Å². The average Bonchev–Trinajstić information content (AvgIpc) is 3.43. The topological polar surface area (TPSA) is 50.8 Å². The van der Waals surface area contributed by atoms with Gasteiger partial charge in [-0.05, 0) is 31.2 Å². The Morgan fingerprint density at radius 3 is 2.92 bits per heavy atom. The van der Waals surface area contributed by atoms with E-state index in [0.29, 0.717) is 24.8 Å². The Morgan fingerprint density at radius 2 is 2.24 bits per heavy atom. The quantitative estimate of drug-likeness (QED) is 0.831. The Labute approximate surface area is 152 Å². The maximum Gasteiger partial charge on any atom is 0.410 e. The molecule has 0 spiro atoms. The van der Waals surface area contributed by atoms with Gasteiger partial charge in [-0.2, -0.15) is 0 Å². The van der Waals surface area contributed by atoms with Gasteiger partial charge in [-0.15, -0.1) is 0 Å². The molecule has 1 saturated carbocycles. The first kappa shape index (κ1) is 18.3. The van der Waals surface area contributed by atoms with E-state index in [4.69, 9.17) is 21.1 Å². The third kappa shape index (κ3) is 4.76. The smallest absolute Gasteiger partial charge is 0.410 e. The summed E-state index contributed by atoms with van der Waals surface area (Å²) in [6.45, 7) is 4.48. The van der Waals surface area contributed by atoms with Gasteiger partial charge in [-0.25, -0.2) is 9.18 Å². The number of rotatable bonds is 6. The fourth-order valence-corrected chi connectivity index (χ4v) is 3.13. The van der Waals surface area contributed by atoms with Crippen LogP contribution in [-0.2, 0) is 11.3 Å². The van der Waals surface area contributed by atoms with Gasteiger partial charge in [0.05, 0.1) is 11.6 Å². The molecular formula is C18H24ClFN2O3. The molecule has 138 valence electrons. The first-order chi connectivity index (χ1) is 12.1. The van der Waals surface area contributed by atoms with Crippen molar-refractivity contribution in [1.29, 1.82) is 0 Å². The maximum absolute atomic E-state index is 14.3. The van der Waals surface area contributed by atoms with E-state index < -0.39 is 11.9 Å². The zero-order chi connectivity index (χ0) is 17.8. The van der Waals surface area contributed by atoms with Gasteiger partial charge in [0.1, 0.15) is 18.2 Å². The number of ether oxygens (including phenoxy) is 2. The van der Waals surface area contributed by atoms with Crippen molar-refractivity contribution < 1.29 is 18.7 Å². The number of amides is 1. The summed E-state index contributed by atoms with van der Waals surface area (Å²) in [5.74, 6) is 0.476. The normalized spacial score (nSPS) is 20.4. The van der Waals surface area contributed by atoms with Crippen LogP contribution in [0, 0.1) is 11.7 Å². The van der Waals surface area contributed by atoms with Gasteiger partial charge in [0.25, 0.3) is 0 Å². The van der Waals surface area contributed by atoms with Gasteiger partial charge in [0, 0.05) is 37.3 Å². The number of piperazine rings is 1. The lowest BCUT2D eigenvalue weighted by Crippen LogP contribution is -2.53. The fourth-order valence-electron chi connectivity index (χ4n) is 2.88. The highest BCUT2D eigenvalue weighted by Gasteiger charge is 2.27. The van der Waals surface area contributed by atoms with Gasteiger partial charge in [0.2, 0.25) is 0 Å². The largest absolute Gasteiger partial charge is 0.493 e. The van der Waals surface area contributed by atoms with Crippen molar-refractivity contribution in [2.45, 2.75) is 38.8 Å². The van der Waals surface area contributed by atoms with E-state index in [-0.39, 0.29) is 23.2 Å². The van der Waals surface area contributed by atoms with E-state index in [1.807, 2.05) is 6.92 Å². The van der Waals surface area contributed by atoms with Crippen LogP contribution in [0.4, 0.5) is 9.18 Å². The lowest BCUT2D eigenvalue weighted by atomic mass is 10.1. The predicted octanol–water partition coefficient (Wildman–Crippen LogP) is 3.59. The molecule has 1 aromatic rings. The number of hydrogen-bond donors (Lipinski definition) is 1. The van der Waals surface area contributed by atoms with Gasteiger partial charge >= 0.3 is 6.09 Å². The second-order valence-electron chi connectivity index (χ2n) is 6.63. The molecule has 1 heterocycles. The van der Waals surface area contributed by atoms with E-state index in [9.17, 15) is 9.18 Å². The SMILES string of the molecule is CCC1CNCCN1C(=O)OCc1c(F)cc(OCC2CC2)cc1Cl. The minimum atomic E-state index is -0.515. The Bertz CT molecular complexity index is 601. The fraction of sp³-hybridized carbons (Fsp3) is 0.611. The molecule has 1 atom stereocenters. The third-order valence-electron chi connectivity index (χ3n) is 4.69. The molecule has 2 fully saturated rings. The molecule has 25 heavy (non-hydrogen) atoms. The molecule has 1 saturated heterocycles. The molecule has 3 rings (SSSR count). The number of carbonyl (C=O) groups is 1. The zero-order valence-electron chi connectivity index (χ0n) is 14.4. The van der Waals surface area contributed by atoms with Gasteiger partial charge in [0.15, 0.2) is 0 Å². The molecule has 0 radical (unpaired) electrons. The van der Waals surface area contributed by atoms with Crippen LogP contribution in [0.25, 0.3) is 0 Å². The van der Waals surface area contributed by atoms with Crippen LogP contribution in [0.2, 0.25) is 5.02 Å². The van der Waals surface area contributed by atoms with Crippen molar-refractivity contribution in [3.63, 3.8) is 0 Å². The standard InChI is InChI=1S/C18H24ClFN2O3/c1-2-13-9-21-5-6-22(13)18(23)25-11-15-16(19)7-14(8-17(15)20)24-10-12-3-4-12/h7-8,12-13,21H,2-6,9-11H2,1H3. The highest BCUT2D eigenvalue weighted by molar-refractivity contribution is 6.31. The average molecular weight is 371 g/mol. The second-order valence-corrected chi connectivity index (χ2v) is 7.04. The zero-order valence-corrected chi connectivity index (χ0v) is 15.2. The number of carbonyl (C=O) groups excluding carboxylic acids is 1. The van der Waals surface area contributed by atoms with Crippen molar-refractivity contribution in [2.24, 2.45) is 5.92 Å². The van der Waals surface area contributed by atoms with Crippen molar-refractivity contribution in [1.82, 2.24) is 10.2 Å². The molecule has 1 N–H and O–H groups in total. The number of nitrogens with zero attached hydrogens (tertiary/aromatic N) is 1. The Hall–Kier alpha value is -1.53. The summed E-state index contributed by atoms with van der Waals surface area (Å²) in [5.41, 5.74) is 0.178. The van der Waals surface area contributed by atoms with E-state index in [1.54, 1.807) is 11.0 Å². The summed E-state index contributed by atoms with van der Waals surface area (Å²) in [5, 5.41) is 3.46. The molecule has 1 aliphatic heterocycles. The first-order valence-electron chi connectivity index (χ1n) is 8.83. The van der Waals surface area contributed by atoms with E-state index in [2.05, 4.69) is 5.32 Å². The second kappa shape index (κ2) is 8.23. The van der Waals surface area contributed by atoms with Crippen molar-refractivity contribution in [3.8, 4) is 5.75 Å². The number of nitrogens with one attached hydrogen (secondary N) is 1. The number of hydrogen-bond acceptors (Lipinski definition) is 4. The van der Waals surface area contributed by atoms with Crippen molar-refractivity contribution >= 4 is 17.7 Å². The Kier molecular flexibility index (Phi) is 6.02. The van der Waals surface area contributed by atoms with Crippen molar-refractivity contribution in [3.05, 3.63) is 28.5 Å². The molecule has 0 bridgehead atoms. The molecule has 0 aromatic heterocycles. The highest BCUT2D eigenvalue weighted by Crippen LogP contribution is 2.31. The number of halogens is 2. The highest BCUT2D eigenvalue weighted by atomic mass is 35.5. The summed E-state index contributed by atoms with van der Waals surface area (Å²) >= 11 is 6.16. The summed E-state index contributed by atoms with van der Waals surface area (Å²) in [6.07, 6.45) is 2.73. The summed E-state index contributed by atoms with van der Waals surface area (Å²) in [6, 6.07) is 2.98. The van der Waals surface area contributed by atoms with Crippen LogP contribution in [0.3, 0.4) is 0 Å². The Balaban J connectivity index is 1.58. The van der Waals surface area contributed by atoms with Crippen LogP contribution in [-0.4, -0.2) is 43.3 Å². The molecule has 5 nitrogen and oxygen atoms in total. The maximum atomic E-state index is 14.3. The number of benzene rings is 1. The lowest BCUT2D eigenvalue weighted by Gasteiger charge is -2.34. The molecule has 1 amide bonds. The first-order valence-corrected chi connectivity index (χ1v) is 9.21. The van der Waals surface area contributed by atoms with Crippen LogP contribution in [0.1, 0.15) is 31.7 Å². The lowest BCUT2D eigenvalue weighted by molar-refractivity contribution is 0.0707. The van der Waals surface area contributed by atoms with E-state index >= 15 is 0 Å². The van der Waals surface area contributed by atoms with Gasteiger partial charge in [-0.3, -0.25) is 0 Å². The summed E-state index contributed by atoms with van der Waals surface area (Å²) in [4.78, 5) is 14.0. The molecule has 7 heteroatoms. The minimum absolute atomic E-state index is 0.0970. The van der Waals surface area contributed by atoms with Crippen LogP contribution >= 0.6 is 11.6 Å². The van der Waals surface area contributed by atoms with Gasteiger partial charge in [-0.1, -0.05) is 18.5 Å². The van der Waals surface area contributed by atoms with E-state index in [1.165, 1.54) is 6.07 Å². The van der Waals surface area contributed by atoms with Crippen LogP contribution in [0.15, 0.2) is 12.1 Å². The summed E-state index contributed by atoms with van der Waals surface area (Å²) in [7, 11) is 0. The molecule has 1 aromatic carbocycles. The molecule has 1 unspecified atom stereocenters. The molecular weight excluding hydrogens is 347 g/mol.